The maximum Gasteiger partial charge on any atom is 0.326 e. The summed E-state index contributed by atoms with van der Waals surface area (Å²) >= 11 is 0. The standard InChI is InChI=1S/C10H14N4O5/c1-14-5-6(4-11-14)12-10(19)13-7(9(17)18)2-3-8(15)16/h4-5,7H,2-3H2,1H3,(H,15,16)(H,17,18)(H2,12,13,19)/t7-/m0/s1. The molecule has 4 N–H and O–H groups in total. The molecule has 0 fully saturated rings. The van der Waals surface area contributed by atoms with Crippen molar-refractivity contribution in [2.24, 2.45) is 7.05 Å². The van der Waals surface area contributed by atoms with Crippen LogP contribution in [0.15, 0.2) is 12.4 Å². The lowest BCUT2D eigenvalue weighted by molar-refractivity contribution is -0.140. The Morgan fingerprint density at radius 2 is 2.11 bits per heavy atom. The third-order valence-electron chi connectivity index (χ3n) is 2.21. The number of rotatable bonds is 6. The molecular weight excluding hydrogens is 256 g/mol. The zero-order valence-corrected chi connectivity index (χ0v) is 10.2. The number of amides is 2. The fourth-order valence-corrected chi connectivity index (χ4v) is 1.34. The highest BCUT2D eigenvalue weighted by Crippen LogP contribution is 2.04. The molecule has 9 heteroatoms. The molecule has 19 heavy (non-hydrogen) atoms. The Bertz CT molecular complexity index is 484. The van der Waals surface area contributed by atoms with Gasteiger partial charge in [0.15, 0.2) is 0 Å². The van der Waals surface area contributed by atoms with E-state index in [1.807, 2.05) is 0 Å². The lowest BCUT2D eigenvalue weighted by atomic mass is 10.1. The maximum atomic E-state index is 11.5. The second-order valence-electron chi connectivity index (χ2n) is 3.82. The first-order valence-electron chi connectivity index (χ1n) is 5.39. The van der Waals surface area contributed by atoms with E-state index in [0.29, 0.717) is 5.69 Å². The van der Waals surface area contributed by atoms with Gasteiger partial charge in [-0.2, -0.15) is 5.10 Å². The molecule has 2 amide bonds. The molecule has 104 valence electrons. The highest BCUT2D eigenvalue weighted by atomic mass is 16.4. The van der Waals surface area contributed by atoms with E-state index in [9.17, 15) is 14.4 Å². The van der Waals surface area contributed by atoms with E-state index in [1.54, 1.807) is 7.05 Å². The van der Waals surface area contributed by atoms with Crippen LogP contribution in [-0.4, -0.2) is 44.0 Å². The van der Waals surface area contributed by atoms with Gasteiger partial charge in [-0.1, -0.05) is 0 Å². The minimum atomic E-state index is -1.29. The lowest BCUT2D eigenvalue weighted by Gasteiger charge is -2.13. The molecule has 0 aliphatic heterocycles. The van der Waals surface area contributed by atoms with E-state index in [4.69, 9.17) is 10.2 Å². The van der Waals surface area contributed by atoms with E-state index in [0.717, 1.165) is 0 Å². The molecule has 9 nitrogen and oxygen atoms in total. The van der Waals surface area contributed by atoms with Crippen molar-refractivity contribution in [1.82, 2.24) is 15.1 Å². The molecule has 1 heterocycles. The number of nitrogens with one attached hydrogen (secondary N) is 2. The summed E-state index contributed by atoms with van der Waals surface area (Å²) < 4.78 is 1.47. The average Bonchev–Trinajstić information content (AvgIpc) is 2.69. The molecular formula is C10H14N4O5. The first-order chi connectivity index (χ1) is 8.88. The van der Waals surface area contributed by atoms with E-state index in [2.05, 4.69) is 15.7 Å². The molecule has 1 aromatic heterocycles. The van der Waals surface area contributed by atoms with Crippen LogP contribution in [0.4, 0.5) is 10.5 Å². The van der Waals surface area contributed by atoms with Crippen LogP contribution < -0.4 is 10.6 Å². The number of nitrogens with zero attached hydrogens (tertiary/aromatic N) is 2. The predicted molar refractivity (Wildman–Crippen MR) is 63.7 cm³/mol. The lowest BCUT2D eigenvalue weighted by Crippen LogP contribution is -2.43. The van der Waals surface area contributed by atoms with Crippen LogP contribution in [0.1, 0.15) is 12.8 Å². The molecule has 0 unspecified atom stereocenters. The number of hydrogen-bond donors (Lipinski definition) is 4. The molecule has 0 radical (unpaired) electrons. The molecule has 1 rings (SSSR count). The van der Waals surface area contributed by atoms with E-state index >= 15 is 0 Å². The van der Waals surface area contributed by atoms with Crippen LogP contribution in [0.2, 0.25) is 0 Å². The Labute approximate surface area is 108 Å². The summed E-state index contributed by atoms with van der Waals surface area (Å²) in [6, 6.07) is -1.99. The van der Waals surface area contributed by atoms with Crippen molar-refractivity contribution >= 4 is 23.7 Å². The van der Waals surface area contributed by atoms with Crippen LogP contribution >= 0.6 is 0 Å². The summed E-state index contributed by atoms with van der Waals surface area (Å²) in [7, 11) is 1.66. The monoisotopic (exact) mass is 270 g/mol. The number of carboxylic acid groups (broad SMARTS) is 2. The summed E-state index contributed by atoms with van der Waals surface area (Å²) in [6.45, 7) is 0. The summed E-state index contributed by atoms with van der Waals surface area (Å²) in [5, 5.41) is 25.7. The smallest absolute Gasteiger partial charge is 0.326 e. The van der Waals surface area contributed by atoms with Crippen molar-refractivity contribution in [2.45, 2.75) is 18.9 Å². The molecule has 0 saturated carbocycles. The molecule has 0 aromatic carbocycles. The first kappa shape index (κ1) is 14.5. The van der Waals surface area contributed by atoms with E-state index in [1.165, 1.54) is 17.1 Å². The van der Waals surface area contributed by atoms with Gasteiger partial charge in [0.05, 0.1) is 11.9 Å². The number of aliphatic carboxylic acids is 2. The predicted octanol–water partition coefficient (Wildman–Crippen LogP) is -0.140. The van der Waals surface area contributed by atoms with Crippen LogP contribution in [0, 0.1) is 0 Å². The molecule has 0 aliphatic carbocycles. The van der Waals surface area contributed by atoms with Gasteiger partial charge in [-0.15, -0.1) is 0 Å². The number of aromatic nitrogens is 2. The summed E-state index contributed by atoms with van der Waals surface area (Å²) in [4.78, 5) is 32.7. The number of urea groups is 1. The average molecular weight is 270 g/mol. The normalized spacial score (nSPS) is 11.6. The fraction of sp³-hybridized carbons (Fsp3) is 0.400. The van der Waals surface area contributed by atoms with Crippen molar-refractivity contribution in [3.05, 3.63) is 12.4 Å². The van der Waals surface area contributed by atoms with E-state index < -0.39 is 24.0 Å². The minimum Gasteiger partial charge on any atom is -0.481 e. The number of carbonyl (C=O) groups is 3. The molecule has 0 saturated heterocycles. The van der Waals surface area contributed by atoms with Gasteiger partial charge in [0.25, 0.3) is 0 Å². The number of carbonyl (C=O) groups excluding carboxylic acids is 1. The van der Waals surface area contributed by atoms with Gasteiger partial charge in [0.1, 0.15) is 6.04 Å². The Hall–Kier alpha value is -2.58. The van der Waals surface area contributed by atoms with Crippen LogP contribution in [0.5, 0.6) is 0 Å². The fourth-order valence-electron chi connectivity index (χ4n) is 1.34. The van der Waals surface area contributed by atoms with Gasteiger partial charge in [0.2, 0.25) is 0 Å². The van der Waals surface area contributed by atoms with Gasteiger partial charge in [-0.05, 0) is 6.42 Å². The highest BCUT2D eigenvalue weighted by molar-refractivity contribution is 5.92. The topological polar surface area (TPSA) is 134 Å². The molecule has 1 atom stereocenters. The Kier molecular flexibility index (Phi) is 4.86. The second kappa shape index (κ2) is 6.38. The number of hydrogen-bond acceptors (Lipinski definition) is 4. The number of carboxylic acids is 2. The zero-order chi connectivity index (χ0) is 14.4. The van der Waals surface area contributed by atoms with Gasteiger partial charge in [-0.3, -0.25) is 9.48 Å². The van der Waals surface area contributed by atoms with E-state index in [-0.39, 0.29) is 12.8 Å². The SMILES string of the molecule is Cn1cc(NC(=O)N[C@@H](CCC(=O)O)C(=O)O)cn1. The third-order valence-corrected chi connectivity index (χ3v) is 2.21. The first-order valence-corrected chi connectivity index (χ1v) is 5.39. The molecule has 0 aliphatic rings. The van der Waals surface area contributed by atoms with Gasteiger partial charge >= 0.3 is 18.0 Å². The highest BCUT2D eigenvalue weighted by Gasteiger charge is 2.20. The molecule has 0 spiro atoms. The number of anilines is 1. The Morgan fingerprint density at radius 1 is 1.42 bits per heavy atom. The summed E-state index contributed by atoms with van der Waals surface area (Å²) in [5.41, 5.74) is 0.405. The van der Waals surface area contributed by atoms with Gasteiger partial charge in [0, 0.05) is 19.7 Å². The molecule has 0 bridgehead atoms. The summed E-state index contributed by atoms with van der Waals surface area (Å²) in [6.07, 6.45) is 2.40. The maximum absolute atomic E-state index is 11.5. The van der Waals surface area contributed by atoms with Gasteiger partial charge in [-0.25, -0.2) is 9.59 Å². The van der Waals surface area contributed by atoms with Crippen molar-refractivity contribution in [2.75, 3.05) is 5.32 Å². The minimum absolute atomic E-state index is 0.189. The van der Waals surface area contributed by atoms with Crippen LogP contribution in [-0.2, 0) is 16.6 Å². The van der Waals surface area contributed by atoms with Crippen LogP contribution in [0.3, 0.4) is 0 Å². The molecule has 1 aromatic rings. The quantitative estimate of drug-likeness (QED) is 0.568. The van der Waals surface area contributed by atoms with Crippen molar-refractivity contribution in [1.29, 1.82) is 0 Å². The Morgan fingerprint density at radius 3 is 2.58 bits per heavy atom. The van der Waals surface area contributed by atoms with Crippen molar-refractivity contribution < 1.29 is 24.6 Å². The largest absolute Gasteiger partial charge is 0.481 e. The summed E-state index contributed by atoms with van der Waals surface area (Å²) in [5.74, 6) is -2.41. The van der Waals surface area contributed by atoms with Crippen molar-refractivity contribution in [3.63, 3.8) is 0 Å². The van der Waals surface area contributed by atoms with Gasteiger partial charge < -0.3 is 20.8 Å². The van der Waals surface area contributed by atoms with Crippen molar-refractivity contribution in [3.8, 4) is 0 Å². The third kappa shape index (κ3) is 5.06. The number of aryl methyl sites for hydroxylation is 1. The van der Waals surface area contributed by atoms with Crippen LogP contribution in [0.25, 0.3) is 0 Å². The zero-order valence-electron chi connectivity index (χ0n) is 10.2. The second-order valence-corrected chi connectivity index (χ2v) is 3.82. The Balaban J connectivity index is 2.51.